The average Bonchev–Trinajstić information content (AvgIpc) is 2.52. The van der Waals surface area contributed by atoms with E-state index in [9.17, 15) is 21.6 Å². The Kier molecular flexibility index (Phi) is 6.40. The van der Waals surface area contributed by atoms with E-state index in [0.29, 0.717) is 25.1 Å². The molecule has 0 aromatic heterocycles. The maximum absolute atomic E-state index is 13.2. The maximum atomic E-state index is 13.2. The van der Waals surface area contributed by atoms with E-state index < -0.39 is 26.7 Å². The van der Waals surface area contributed by atoms with Gasteiger partial charge < -0.3 is 4.90 Å². The molecule has 1 aromatic rings. The van der Waals surface area contributed by atoms with Gasteiger partial charge in [-0.2, -0.15) is 17.5 Å². The highest BCUT2D eigenvalue weighted by molar-refractivity contribution is 7.89. The number of rotatable bonds is 5. The summed E-state index contributed by atoms with van der Waals surface area (Å²) in [5, 5.41) is -0.148. The second-order valence-electron chi connectivity index (χ2n) is 6.57. The van der Waals surface area contributed by atoms with Gasteiger partial charge >= 0.3 is 6.18 Å². The van der Waals surface area contributed by atoms with E-state index in [1.54, 1.807) is 0 Å². The summed E-state index contributed by atoms with van der Waals surface area (Å²) in [4.78, 5) is 1.40. The van der Waals surface area contributed by atoms with Gasteiger partial charge in [-0.25, -0.2) is 8.42 Å². The minimum atomic E-state index is -4.79. The number of hydrogen-bond acceptors (Lipinski definition) is 3. The van der Waals surface area contributed by atoms with Gasteiger partial charge in [-0.15, -0.1) is 0 Å². The van der Waals surface area contributed by atoms with Crippen LogP contribution >= 0.6 is 11.6 Å². The molecule has 0 bridgehead atoms. The lowest BCUT2D eigenvalue weighted by molar-refractivity contribution is -0.139. The Hall–Kier alpha value is -0.830. The number of alkyl halides is 3. The van der Waals surface area contributed by atoms with E-state index in [4.69, 9.17) is 11.6 Å². The van der Waals surface area contributed by atoms with Gasteiger partial charge in [0.25, 0.3) is 0 Å². The van der Waals surface area contributed by atoms with E-state index in [1.807, 2.05) is 0 Å². The molecule has 1 aliphatic rings. The van der Waals surface area contributed by atoms with E-state index in [2.05, 4.69) is 18.7 Å². The molecule has 0 unspecified atom stereocenters. The molecule has 1 fully saturated rings. The minimum absolute atomic E-state index is 0.148. The quantitative estimate of drug-likeness (QED) is 0.759. The van der Waals surface area contributed by atoms with Gasteiger partial charge in [-0.1, -0.05) is 25.4 Å². The predicted octanol–water partition coefficient (Wildman–Crippen LogP) is 3.71. The molecule has 142 valence electrons. The summed E-state index contributed by atoms with van der Waals surface area (Å²) >= 11 is 5.62. The molecular weight excluding hydrogens is 377 g/mol. The van der Waals surface area contributed by atoms with Crippen LogP contribution in [0.25, 0.3) is 0 Å². The zero-order valence-corrected chi connectivity index (χ0v) is 15.8. The number of nitrogens with zero attached hydrogens (tertiary/aromatic N) is 2. The molecule has 9 heteroatoms. The predicted molar refractivity (Wildman–Crippen MR) is 91.1 cm³/mol. The summed E-state index contributed by atoms with van der Waals surface area (Å²) in [7, 11) is -4.22. The Balaban J connectivity index is 2.18. The van der Waals surface area contributed by atoms with Crippen molar-refractivity contribution in [2.45, 2.75) is 31.3 Å². The average molecular weight is 399 g/mol. The Labute approximate surface area is 151 Å². The van der Waals surface area contributed by atoms with Crippen LogP contribution in [0.15, 0.2) is 23.1 Å². The molecule has 25 heavy (non-hydrogen) atoms. The maximum Gasteiger partial charge on any atom is 0.417 e. The first-order chi connectivity index (χ1) is 11.5. The molecule has 1 aliphatic heterocycles. The molecule has 0 aliphatic carbocycles. The van der Waals surface area contributed by atoms with Crippen LogP contribution < -0.4 is 0 Å². The smallest absolute Gasteiger partial charge is 0.301 e. The van der Waals surface area contributed by atoms with E-state index >= 15 is 0 Å². The number of benzene rings is 1. The topological polar surface area (TPSA) is 40.6 Å². The summed E-state index contributed by atoms with van der Waals surface area (Å²) in [6.07, 6.45) is -3.78. The summed E-state index contributed by atoms with van der Waals surface area (Å²) in [5.41, 5.74) is -1.22. The van der Waals surface area contributed by atoms with Crippen LogP contribution in [0.3, 0.4) is 0 Å². The number of piperazine rings is 1. The van der Waals surface area contributed by atoms with Crippen molar-refractivity contribution in [2.24, 2.45) is 5.92 Å². The molecule has 0 amide bonds. The van der Waals surface area contributed by atoms with Crippen LogP contribution in [0.2, 0.25) is 5.02 Å². The fourth-order valence-corrected chi connectivity index (χ4v) is 4.51. The molecule has 1 saturated heterocycles. The van der Waals surface area contributed by atoms with Gasteiger partial charge in [-0.3, -0.25) is 0 Å². The normalized spacial score (nSPS) is 18.0. The van der Waals surface area contributed by atoms with E-state index in [1.165, 1.54) is 6.07 Å². The highest BCUT2D eigenvalue weighted by Crippen LogP contribution is 2.37. The van der Waals surface area contributed by atoms with Crippen LogP contribution in [0, 0.1) is 5.92 Å². The number of hydrogen-bond donors (Lipinski definition) is 0. The van der Waals surface area contributed by atoms with Crippen molar-refractivity contribution in [3.8, 4) is 0 Å². The molecule has 4 nitrogen and oxygen atoms in total. The Morgan fingerprint density at radius 2 is 1.76 bits per heavy atom. The largest absolute Gasteiger partial charge is 0.417 e. The lowest BCUT2D eigenvalue weighted by Gasteiger charge is -2.34. The second-order valence-corrected chi connectivity index (χ2v) is 8.91. The summed E-state index contributed by atoms with van der Waals surface area (Å²) in [6, 6.07) is 2.77. The molecule has 1 aromatic carbocycles. The van der Waals surface area contributed by atoms with Crippen LogP contribution in [0.4, 0.5) is 13.2 Å². The minimum Gasteiger partial charge on any atom is -0.301 e. The van der Waals surface area contributed by atoms with Gasteiger partial charge in [0.1, 0.15) is 0 Å². The van der Waals surface area contributed by atoms with E-state index in [-0.39, 0.29) is 18.1 Å². The zero-order chi connectivity index (χ0) is 18.8. The van der Waals surface area contributed by atoms with Crippen LogP contribution in [-0.2, 0) is 16.2 Å². The highest BCUT2D eigenvalue weighted by Gasteiger charge is 2.40. The van der Waals surface area contributed by atoms with Gasteiger partial charge in [-0.05, 0) is 37.1 Å². The monoisotopic (exact) mass is 398 g/mol. The lowest BCUT2D eigenvalue weighted by Crippen LogP contribution is -2.49. The molecule has 1 heterocycles. The Morgan fingerprint density at radius 3 is 2.28 bits per heavy atom. The number of halogens is 4. The number of sulfonamides is 1. The first kappa shape index (κ1) is 20.5. The molecular formula is C16H22ClF3N2O2S. The van der Waals surface area contributed by atoms with Crippen molar-refractivity contribution in [1.29, 1.82) is 0 Å². The van der Waals surface area contributed by atoms with E-state index in [0.717, 1.165) is 23.3 Å². The molecule has 0 spiro atoms. The van der Waals surface area contributed by atoms with Crippen molar-refractivity contribution >= 4 is 21.6 Å². The van der Waals surface area contributed by atoms with Gasteiger partial charge in [0.2, 0.25) is 10.0 Å². The lowest BCUT2D eigenvalue weighted by atomic mass is 10.1. The van der Waals surface area contributed by atoms with Crippen molar-refractivity contribution in [3.05, 3.63) is 28.8 Å². The summed E-state index contributed by atoms with van der Waals surface area (Å²) in [6.45, 7) is 6.47. The van der Waals surface area contributed by atoms with Crippen molar-refractivity contribution < 1.29 is 21.6 Å². The van der Waals surface area contributed by atoms with Gasteiger partial charge in [0.15, 0.2) is 0 Å². The van der Waals surface area contributed by atoms with Gasteiger partial charge in [0.05, 0.1) is 10.5 Å². The molecule has 0 saturated carbocycles. The fraction of sp³-hybridized carbons (Fsp3) is 0.625. The first-order valence-corrected chi connectivity index (χ1v) is 9.93. The Morgan fingerprint density at radius 1 is 1.16 bits per heavy atom. The van der Waals surface area contributed by atoms with Crippen molar-refractivity contribution in [2.75, 3.05) is 32.7 Å². The molecule has 2 rings (SSSR count). The van der Waals surface area contributed by atoms with Crippen molar-refractivity contribution in [3.63, 3.8) is 0 Å². The third-order valence-corrected chi connectivity index (χ3v) is 6.41. The second kappa shape index (κ2) is 7.82. The zero-order valence-electron chi connectivity index (χ0n) is 14.2. The first-order valence-electron chi connectivity index (χ1n) is 8.11. The third kappa shape index (κ3) is 5.09. The summed E-state index contributed by atoms with van der Waals surface area (Å²) in [5.74, 6) is 0.546. The third-order valence-electron chi connectivity index (χ3n) is 4.22. The standard InChI is InChI=1S/C16H22ClF3N2O2S/c1-12(2)5-6-21-7-9-22(10-8-21)25(23,24)15-4-3-13(17)11-14(15)16(18,19)20/h3-4,11-12H,5-10H2,1-2H3. The molecule has 0 N–H and O–H groups in total. The van der Waals surface area contributed by atoms with Gasteiger partial charge in [0, 0.05) is 31.2 Å². The highest BCUT2D eigenvalue weighted by atomic mass is 35.5. The summed E-state index contributed by atoms with van der Waals surface area (Å²) < 4.78 is 66.2. The van der Waals surface area contributed by atoms with Crippen LogP contribution in [0.5, 0.6) is 0 Å². The molecule has 0 radical (unpaired) electrons. The SMILES string of the molecule is CC(C)CCN1CCN(S(=O)(=O)c2ccc(Cl)cc2C(F)(F)F)CC1. The fourth-order valence-electron chi connectivity index (χ4n) is 2.72. The molecule has 0 atom stereocenters. The van der Waals surface area contributed by atoms with Crippen molar-refractivity contribution in [1.82, 2.24) is 9.21 Å². The van der Waals surface area contributed by atoms with Crippen LogP contribution in [0.1, 0.15) is 25.8 Å². The Bertz CT molecular complexity index is 700. The van der Waals surface area contributed by atoms with Crippen LogP contribution in [-0.4, -0.2) is 50.3 Å².